The standard InChI is InChI=1S/C9H19NO2/c1-3-9(11)7-10(8-9)5-4-6-12-2/h11H,3-8H2,1-2H3. The van der Waals surface area contributed by atoms with Crippen LogP contribution in [-0.2, 0) is 4.74 Å². The van der Waals surface area contributed by atoms with E-state index in [1.807, 2.05) is 6.92 Å². The number of likely N-dealkylation sites (tertiary alicyclic amines) is 1. The molecule has 0 radical (unpaired) electrons. The molecule has 0 bridgehead atoms. The zero-order valence-electron chi connectivity index (χ0n) is 8.05. The van der Waals surface area contributed by atoms with Crippen molar-refractivity contribution in [3.05, 3.63) is 0 Å². The average molecular weight is 173 g/mol. The van der Waals surface area contributed by atoms with Crippen LogP contribution < -0.4 is 0 Å². The number of methoxy groups -OCH3 is 1. The van der Waals surface area contributed by atoms with Crippen LogP contribution >= 0.6 is 0 Å². The van der Waals surface area contributed by atoms with E-state index in [0.717, 1.165) is 39.1 Å². The average Bonchev–Trinajstić information content (AvgIpc) is 2.01. The van der Waals surface area contributed by atoms with E-state index in [1.54, 1.807) is 7.11 Å². The molecule has 1 heterocycles. The fourth-order valence-corrected chi connectivity index (χ4v) is 1.60. The van der Waals surface area contributed by atoms with Gasteiger partial charge < -0.3 is 9.84 Å². The van der Waals surface area contributed by atoms with Crippen LogP contribution in [0.3, 0.4) is 0 Å². The van der Waals surface area contributed by atoms with Crippen LogP contribution in [0.4, 0.5) is 0 Å². The van der Waals surface area contributed by atoms with Crippen LogP contribution in [-0.4, -0.2) is 49.0 Å². The van der Waals surface area contributed by atoms with Gasteiger partial charge >= 0.3 is 0 Å². The molecule has 3 nitrogen and oxygen atoms in total. The second-order valence-electron chi connectivity index (χ2n) is 3.63. The number of hydrogen-bond donors (Lipinski definition) is 1. The summed E-state index contributed by atoms with van der Waals surface area (Å²) in [5, 5.41) is 9.67. The van der Waals surface area contributed by atoms with Gasteiger partial charge in [0.2, 0.25) is 0 Å². The molecule has 1 rings (SSSR count). The minimum Gasteiger partial charge on any atom is -0.387 e. The molecule has 0 amide bonds. The van der Waals surface area contributed by atoms with Crippen molar-refractivity contribution in [2.24, 2.45) is 0 Å². The number of aliphatic hydroxyl groups is 1. The van der Waals surface area contributed by atoms with E-state index in [-0.39, 0.29) is 5.60 Å². The smallest absolute Gasteiger partial charge is 0.0897 e. The molecule has 1 aliphatic rings. The molecule has 72 valence electrons. The predicted molar refractivity (Wildman–Crippen MR) is 48.2 cm³/mol. The van der Waals surface area contributed by atoms with E-state index in [1.165, 1.54) is 0 Å². The summed E-state index contributed by atoms with van der Waals surface area (Å²) in [4.78, 5) is 2.27. The summed E-state index contributed by atoms with van der Waals surface area (Å²) in [7, 11) is 1.72. The summed E-state index contributed by atoms with van der Waals surface area (Å²) < 4.78 is 4.95. The van der Waals surface area contributed by atoms with E-state index in [4.69, 9.17) is 4.74 Å². The highest BCUT2D eigenvalue weighted by molar-refractivity contribution is 4.93. The van der Waals surface area contributed by atoms with Gasteiger partial charge in [0, 0.05) is 33.4 Å². The molecular weight excluding hydrogens is 154 g/mol. The lowest BCUT2D eigenvalue weighted by atomic mass is 9.91. The van der Waals surface area contributed by atoms with E-state index in [0.29, 0.717) is 0 Å². The molecule has 0 aromatic rings. The Morgan fingerprint density at radius 2 is 2.17 bits per heavy atom. The molecule has 1 saturated heterocycles. The van der Waals surface area contributed by atoms with Crippen LogP contribution in [0, 0.1) is 0 Å². The molecule has 0 aliphatic carbocycles. The van der Waals surface area contributed by atoms with Crippen molar-refractivity contribution in [3.8, 4) is 0 Å². The number of rotatable bonds is 5. The maximum absolute atomic E-state index is 9.67. The van der Waals surface area contributed by atoms with Crippen molar-refractivity contribution in [2.45, 2.75) is 25.4 Å². The van der Waals surface area contributed by atoms with Gasteiger partial charge in [-0.1, -0.05) is 6.92 Å². The fraction of sp³-hybridized carbons (Fsp3) is 1.00. The van der Waals surface area contributed by atoms with Crippen LogP contribution in [0.15, 0.2) is 0 Å². The van der Waals surface area contributed by atoms with Crippen LogP contribution in [0.2, 0.25) is 0 Å². The molecule has 3 heteroatoms. The molecular formula is C9H19NO2. The van der Waals surface area contributed by atoms with Gasteiger partial charge in [-0.25, -0.2) is 0 Å². The lowest BCUT2D eigenvalue weighted by molar-refractivity contribution is -0.100. The predicted octanol–water partition coefficient (Wildman–Crippen LogP) is 0.480. The molecule has 0 spiro atoms. The van der Waals surface area contributed by atoms with Gasteiger partial charge in [-0.3, -0.25) is 4.90 Å². The van der Waals surface area contributed by atoms with Gasteiger partial charge in [0.25, 0.3) is 0 Å². The Morgan fingerprint density at radius 1 is 1.50 bits per heavy atom. The largest absolute Gasteiger partial charge is 0.387 e. The monoisotopic (exact) mass is 173 g/mol. The Bertz CT molecular complexity index is 132. The van der Waals surface area contributed by atoms with Gasteiger partial charge in [-0.2, -0.15) is 0 Å². The third-order valence-corrected chi connectivity index (χ3v) is 2.52. The van der Waals surface area contributed by atoms with E-state index in [2.05, 4.69) is 4.90 Å². The molecule has 0 saturated carbocycles. The van der Waals surface area contributed by atoms with Gasteiger partial charge in [-0.15, -0.1) is 0 Å². The van der Waals surface area contributed by atoms with E-state index >= 15 is 0 Å². The lowest BCUT2D eigenvalue weighted by Crippen LogP contribution is -2.61. The maximum atomic E-state index is 9.67. The highest BCUT2D eigenvalue weighted by Gasteiger charge is 2.38. The van der Waals surface area contributed by atoms with Gasteiger partial charge in [0.1, 0.15) is 0 Å². The normalized spacial score (nSPS) is 22.2. The SMILES string of the molecule is CCC1(O)CN(CCCOC)C1. The van der Waals surface area contributed by atoms with E-state index in [9.17, 15) is 5.11 Å². The highest BCUT2D eigenvalue weighted by Crippen LogP contribution is 2.23. The van der Waals surface area contributed by atoms with Crippen molar-refractivity contribution < 1.29 is 9.84 Å². The zero-order chi connectivity index (χ0) is 9.03. The number of β-amino-alcohol motifs (C(OH)–C–C–N with tert-alkyl or cyclic N) is 1. The summed E-state index contributed by atoms with van der Waals surface area (Å²) >= 11 is 0. The van der Waals surface area contributed by atoms with Crippen molar-refractivity contribution in [1.82, 2.24) is 4.90 Å². The molecule has 0 atom stereocenters. The minimum atomic E-state index is -0.382. The summed E-state index contributed by atoms with van der Waals surface area (Å²) in [5.74, 6) is 0. The van der Waals surface area contributed by atoms with Crippen LogP contribution in [0.1, 0.15) is 19.8 Å². The molecule has 1 fully saturated rings. The zero-order valence-corrected chi connectivity index (χ0v) is 8.05. The topological polar surface area (TPSA) is 32.7 Å². The Morgan fingerprint density at radius 3 is 2.67 bits per heavy atom. The molecule has 12 heavy (non-hydrogen) atoms. The number of nitrogens with zero attached hydrogens (tertiary/aromatic N) is 1. The summed E-state index contributed by atoms with van der Waals surface area (Å²) in [5.41, 5.74) is -0.382. The fourth-order valence-electron chi connectivity index (χ4n) is 1.60. The van der Waals surface area contributed by atoms with Crippen molar-refractivity contribution in [1.29, 1.82) is 0 Å². The summed E-state index contributed by atoms with van der Waals surface area (Å²) in [6.07, 6.45) is 1.93. The second kappa shape index (κ2) is 4.21. The Kier molecular flexibility index (Phi) is 3.50. The first-order valence-corrected chi connectivity index (χ1v) is 4.64. The van der Waals surface area contributed by atoms with E-state index < -0.39 is 0 Å². The third kappa shape index (κ3) is 2.44. The first-order valence-electron chi connectivity index (χ1n) is 4.64. The first kappa shape index (κ1) is 9.96. The molecule has 0 aromatic heterocycles. The number of hydrogen-bond acceptors (Lipinski definition) is 3. The Labute approximate surface area is 74.3 Å². The van der Waals surface area contributed by atoms with Gasteiger partial charge in [-0.05, 0) is 12.8 Å². The second-order valence-corrected chi connectivity index (χ2v) is 3.63. The first-order chi connectivity index (χ1) is 5.70. The summed E-state index contributed by atoms with van der Waals surface area (Å²) in [6.45, 7) is 5.59. The maximum Gasteiger partial charge on any atom is 0.0897 e. The van der Waals surface area contributed by atoms with Crippen molar-refractivity contribution in [2.75, 3.05) is 33.4 Å². The quantitative estimate of drug-likeness (QED) is 0.614. The van der Waals surface area contributed by atoms with Crippen LogP contribution in [0.25, 0.3) is 0 Å². The lowest BCUT2D eigenvalue weighted by Gasteiger charge is -2.46. The van der Waals surface area contributed by atoms with Gasteiger partial charge in [0.15, 0.2) is 0 Å². The molecule has 1 N–H and O–H groups in total. The highest BCUT2D eigenvalue weighted by atomic mass is 16.5. The third-order valence-electron chi connectivity index (χ3n) is 2.52. The Hall–Kier alpha value is -0.120. The van der Waals surface area contributed by atoms with Crippen LogP contribution in [0.5, 0.6) is 0 Å². The minimum absolute atomic E-state index is 0.382. The van der Waals surface area contributed by atoms with Crippen molar-refractivity contribution >= 4 is 0 Å². The van der Waals surface area contributed by atoms with Crippen molar-refractivity contribution in [3.63, 3.8) is 0 Å². The summed E-state index contributed by atoms with van der Waals surface area (Å²) in [6, 6.07) is 0. The number of ether oxygens (including phenoxy) is 1. The Balaban J connectivity index is 2.02. The molecule has 0 unspecified atom stereocenters. The molecule has 0 aromatic carbocycles. The van der Waals surface area contributed by atoms with Gasteiger partial charge in [0.05, 0.1) is 5.60 Å². The molecule has 1 aliphatic heterocycles.